The Morgan fingerprint density at radius 2 is 1.81 bits per heavy atom. The summed E-state index contributed by atoms with van der Waals surface area (Å²) in [6, 6.07) is 10.8. The second-order valence-electron chi connectivity index (χ2n) is 9.33. The first-order chi connectivity index (χ1) is 15.4. The Morgan fingerprint density at radius 1 is 1.03 bits per heavy atom. The van der Waals surface area contributed by atoms with Crippen LogP contribution in [0.2, 0.25) is 0 Å². The minimum atomic E-state index is -0.676. The van der Waals surface area contributed by atoms with E-state index < -0.39 is 6.04 Å². The van der Waals surface area contributed by atoms with E-state index in [1.165, 1.54) is 11.1 Å². The molecule has 32 heavy (non-hydrogen) atoms. The molecule has 1 saturated heterocycles. The molecule has 2 atom stereocenters. The predicted molar refractivity (Wildman–Crippen MR) is 123 cm³/mol. The van der Waals surface area contributed by atoms with Crippen LogP contribution in [-0.4, -0.2) is 41.2 Å². The Kier molecular flexibility index (Phi) is 5.24. The van der Waals surface area contributed by atoms with E-state index in [0.29, 0.717) is 24.2 Å². The fourth-order valence-corrected chi connectivity index (χ4v) is 5.41. The third-order valence-corrected chi connectivity index (χ3v) is 7.40. The molecule has 0 unspecified atom stereocenters. The first-order valence-corrected chi connectivity index (χ1v) is 11.6. The zero-order valence-electron chi connectivity index (χ0n) is 18.6. The summed E-state index contributed by atoms with van der Waals surface area (Å²) in [4.78, 5) is 40.9. The number of carbonyl (C=O) groups is 3. The number of benzene rings is 2. The van der Waals surface area contributed by atoms with Gasteiger partial charge in [-0.05, 0) is 67.5 Å². The van der Waals surface area contributed by atoms with Crippen LogP contribution in [0.4, 0.5) is 5.69 Å². The Morgan fingerprint density at radius 3 is 2.59 bits per heavy atom. The molecule has 2 aromatic rings. The maximum Gasteiger partial charge on any atom is 0.256 e. The molecule has 166 valence electrons. The summed E-state index contributed by atoms with van der Waals surface area (Å²) in [6.45, 7) is 4.61. The number of fused-ring (bicyclic) bond motifs is 2. The van der Waals surface area contributed by atoms with Crippen LogP contribution < -0.4 is 10.6 Å². The molecule has 0 aromatic heterocycles. The van der Waals surface area contributed by atoms with Gasteiger partial charge in [0.2, 0.25) is 11.8 Å². The lowest BCUT2D eigenvalue weighted by atomic mass is 9.95. The average Bonchev–Trinajstić information content (AvgIpc) is 3.44. The molecule has 2 fully saturated rings. The number of rotatable bonds is 3. The van der Waals surface area contributed by atoms with Crippen molar-refractivity contribution in [3.8, 4) is 11.1 Å². The molecule has 2 aromatic carbocycles. The van der Waals surface area contributed by atoms with Crippen LogP contribution >= 0.6 is 0 Å². The van der Waals surface area contributed by atoms with Crippen LogP contribution in [0.15, 0.2) is 36.4 Å². The van der Waals surface area contributed by atoms with Crippen molar-refractivity contribution in [1.29, 1.82) is 0 Å². The molecule has 6 heteroatoms. The maximum atomic E-state index is 13.5. The van der Waals surface area contributed by atoms with E-state index in [0.717, 1.165) is 36.8 Å². The summed E-state index contributed by atoms with van der Waals surface area (Å²) in [5.41, 5.74) is 5.43. The van der Waals surface area contributed by atoms with Gasteiger partial charge in [0.25, 0.3) is 5.91 Å². The highest BCUT2D eigenvalue weighted by atomic mass is 16.2. The molecule has 0 spiro atoms. The van der Waals surface area contributed by atoms with Crippen LogP contribution in [0.25, 0.3) is 11.1 Å². The SMILES string of the molecule is Cc1cccc(-c2ccc3c(c2)C(=O)N2CC[C@H](NC(=O)C4CCCC4)[C@H]2C(=O)N3)c1C. The van der Waals surface area contributed by atoms with Gasteiger partial charge < -0.3 is 15.5 Å². The highest BCUT2D eigenvalue weighted by Gasteiger charge is 2.45. The normalized spacial score (nSPS) is 22.9. The van der Waals surface area contributed by atoms with Gasteiger partial charge in [-0.15, -0.1) is 0 Å². The van der Waals surface area contributed by atoms with Crippen molar-refractivity contribution in [2.75, 3.05) is 11.9 Å². The summed E-state index contributed by atoms with van der Waals surface area (Å²) >= 11 is 0. The van der Waals surface area contributed by atoms with Gasteiger partial charge >= 0.3 is 0 Å². The quantitative estimate of drug-likeness (QED) is 0.776. The first kappa shape index (κ1) is 20.7. The minimum Gasteiger partial charge on any atom is -0.350 e. The summed E-state index contributed by atoms with van der Waals surface area (Å²) in [5.74, 6) is -0.335. The van der Waals surface area contributed by atoms with Crippen LogP contribution in [0.3, 0.4) is 0 Å². The highest BCUT2D eigenvalue weighted by molar-refractivity contribution is 6.11. The number of nitrogens with zero attached hydrogens (tertiary/aromatic N) is 1. The van der Waals surface area contributed by atoms with Crippen molar-refractivity contribution in [2.24, 2.45) is 5.92 Å². The van der Waals surface area contributed by atoms with E-state index in [9.17, 15) is 14.4 Å². The number of amides is 3. The average molecular weight is 432 g/mol. The monoisotopic (exact) mass is 431 g/mol. The van der Waals surface area contributed by atoms with E-state index >= 15 is 0 Å². The molecular weight excluding hydrogens is 402 g/mol. The smallest absolute Gasteiger partial charge is 0.256 e. The minimum absolute atomic E-state index is 0.0218. The van der Waals surface area contributed by atoms with Crippen LogP contribution in [0.1, 0.15) is 53.6 Å². The molecule has 0 bridgehead atoms. The third kappa shape index (κ3) is 3.48. The van der Waals surface area contributed by atoms with Gasteiger partial charge in [0.05, 0.1) is 17.3 Å². The summed E-state index contributed by atoms with van der Waals surface area (Å²) in [6.07, 6.45) is 4.56. The Bertz CT molecular complexity index is 1100. The first-order valence-electron chi connectivity index (χ1n) is 11.6. The second kappa shape index (κ2) is 8.08. The molecule has 3 amide bonds. The van der Waals surface area contributed by atoms with E-state index in [2.05, 4.69) is 36.6 Å². The van der Waals surface area contributed by atoms with Gasteiger partial charge in [0, 0.05) is 12.5 Å². The van der Waals surface area contributed by atoms with Crippen molar-refractivity contribution >= 4 is 23.4 Å². The van der Waals surface area contributed by atoms with Gasteiger partial charge in [-0.1, -0.05) is 37.1 Å². The lowest BCUT2D eigenvalue weighted by Crippen LogP contribution is -2.52. The van der Waals surface area contributed by atoms with Crippen LogP contribution in [0.5, 0.6) is 0 Å². The van der Waals surface area contributed by atoms with Crippen LogP contribution in [0, 0.1) is 19.8 Å². The molecule has 2 aliphatic heterocycles. The molecule has 2 heterocycles. The van der Waals surface area contributed by atoms with Crippen molar-refractivity contribution < 1.29 is 14.4 Å². The summed E-state index contributed by atoms with van der Waals surface area (Å²) in [5, 5.41) is 6.03. The third-order valence-electron chi connectivity index (χ3n) is 7.40. The molecule has 0 radical (unpaired) electrons. The molecule has 1 saturated carbocycles. The Hall–Kier alpha value is -3.15. The van der Waals surface area contributed by atoms with E-state index in [1.54, 1.807) is 4.90 Å². The number of aryl methyl sites for hydroxylation is 1. The van der Waals surface area contributed by atoms with E-state index in [4.69, 9.17) is 0 Å². The summed E-state index contributed by atoms with van der Waals surface area (Å²) < 4.78 is 0. The van der Waals surface area contributed by atoms with Gasteiger partial charge in [-0.25, -0.2) is 0 Å². The fraction of sp³-hybridized carbons (Fsp3) is 0.423. The Labute approximate surface area is 188 Å². The van der Waals surface area contributed by atoms with Crippen molar-refractivity contribution in [2.45, 2.75) is 58.0 Å². The van der Waals surface area contributed by atoms with E-state index in [1.807, 2.05) is 24.3 Å². The van der Waals surface area contributed by atoms with Crippen LogP contribution in [-0.2, 0) is 9.59 Å². The van der Waals surface area contributed by atoms with Gasteiger partial charge in [0.1, 0.15) is 6.04 Å². The zero-order valence-corrected chi connectivity index (χ0v) is 18.6. The molecule has 1 aliphatic carbocycles. The lowest BCUT2D eigenvalue weighted by Gasteiger charge is -2.25. The molecule has 3 aliphatic rings. The second-order valence-corrected chi connectivity index (χ2v) is 9.33. The highest BCUT2D eigenvalue weighted by Crippen LogP contribution is 2.34. The van der Waals surface area contributed by atoms with Crippen molar-refractivity contribution in [1.82, 2.24) is 10.2 Å². The topological polar surface area (TPSA) is 78.5 Å². The van der Waals surface area contributed by atoms with Gasteiger partial charge in [-0.3, -0.25) is 14.4 Å². The standard InChI is InChI=1S/C26H29N3O3/c1-15-6-5-9-19(16(15)2)18-10-11-21-20(14-18)26(32)29-13-12-22(23(29)25(31)27-21)28-24(30)17-7-3-4-8-17/h5-6,9-11,14,17,22-23H,3-4,7-8,12-13H2,1-2H3,(H,27,31)(H,28,30)/t22-,23-/m0/s1. The fourth-order valence-electron chi connectivity index (χ4n) is 5.41. The maximum absolute atomic E-state index is 13.5. The number of nitrogens with one attached hydrogen (secondary N) is 2. The predicted octanol–water partition coefficient (Wildman–Crippen LogP) is 3.81. The summed E-state index contributed by atoms with van der Waals surface area (Å²) in [7, 11) is 0. The van der Waals surface area contributed by atoms with Crippen molar-refractivity contribution in [3.05, 3.63) is 53.1 Å². The molecular formula is C26H29N3O3. The van der Waals surface area contributed by atoms with E-state index in [-0.39, 0.29) is 29.7 Å². The molecule has 2 N–H and O–H groups in total. The van der Waals surface area contributed by atoms with Crippen molar-refractivity contribution in [3.63, 3.8) is 0 Å². The molecule has 6 nitrogen and oxygen atoms in total. The molecule has 5 rings (SSSR count). The number of hydrogen-bond donors (Lipinski definition) is 2. The number of carbonyl (C=O) groups excluding carboxylic acids is 3. The number of anilines is 1. The lowest BCUT2D eigenvalue weighted by molar-refractivity contribution is -0.126. The largest absolute Gasteiger partial charge is 0.350 e. The Balaban J connectivity index is 1.44. The zero-order chi connectivity index (χ0) is 22.4. The van der Waals surface area contributed by atoms with Gasteiger partial charge in [-0.2, -0.15) is 0 Å². The number of hydrogen-bond acceptors (Lipinski definition) is 3. The van der Waals surface area contributed by atoms with Gasteiger partial charge in [0.15, 0.2) is 0 Å².